The number of hydrogen-bond donors (Lipinski definition) is 1. The van der Waals surface area contributed by atoms with Gasteiger partial charge in [0.2, 0.25) is 5.91 Å². The quantitative estimate of drug-likeness (QED) is 0.759. The van der Waals surface area contributed by atoms with Gasteiger partial charge in [0.05, 0.1) is 11.9 Å². The third-order valence-corrected chi connectivity index (χ3v) is 3.16. The van der Waals surface area contributed by atoms with Crippen LogP contribution < -0.4 is 10.9 Å². The first-order valence-electron chi connectivity index (χ1n) is 6.75. The van der Waals surface area contributed by atoms with Crippen LogP contribution in [-0.2, 0) is 18.4 Å². The maximum Gasteiger partial charge on any atom is 0.277 e. The number of hydrogen-bond acceptors (Lipinski definition) is 5. The molecule has 0 saturated carbocycles. The second-order valence-corrected chi connectivity index (χ2v) is 4.81. The maximum absolute atomic E-state index is 12.2. The van der Waals surface area contributed by atoms with Crippen molar-refractivity contribution in [3.63, 3.8) is 0 Å². The lowest BCUT2D eigenvalue weighted by molar-refractivity contribution is -0.116. The Morgan fingerprint density at radius 1 is 1.27 bits per heavy atom. The van der Waals surface area contributed by atoms with Gasteiger partial charge in [0, 0.05) is 25.7 Å². The first-order chi connectivity index (χ1) is 10.6. The van der Waals surface area contributed by atoms with Gasteiger partial charge >= 0.3 is 0 Å². The minimum atomic E-state index is -0.253. The van der Waals surface area contributed by atoms with Crippen LogP contribution in [-0.4, -0.2) is 30.7 Å². The zero-order valence-electron chi connectivity index (χ0n) is 11.9. The van der Waals surface area contributed by atoms with Crippen molar-refractivity contribution in [1.82, 2.24) is 24.8 Å². The average Bonchev–Trinajstić information content (AvgIpc) is 2.92. The number of amides is 1. The monoisotopic (exact) mass is 298 g/mol. The van der Waals surface area contributed by atoms with E-state index in [1.54, 1.807) is 48.3 Å². The number of carbonyl (C=O) groups excluding carboxylic acids is 1. The number of aryl methyl sites for hydroxylation is 2. The zero-order valence-corrected chi connectivity index (χ0v) is 11.9. The molecule has 22 heavy (non-hydrogen) atoms. The third kappa shape index (κ3) is 2.85. The fourth-order valence-electron chi connectivity index (χ4n) is 2.06. The van der Waals surface area contributed by atoms with E-state index in [1.165, 1.54) is 4.68 Å². The maximum atomic E-state index is 12.2. The molecule has 1 amide bonds. The fraction of sp³-hybridized carbons (Fsp3) is 0.214. The van der Waals surface area contributed by atoms with E-state index in [-0.39, 0.29) is 24.4 Å². The molecule has 1 aromatic carbocycles. The molecule has 0 radical (unpaired) electrons. The summed E-state index contributed by atoms with van der Waals surface area (Å²) < 4.78 is 2.79. The minimum absolute atomic E-state index is 0.115. The molecule has 3 rings (SSSR count). The molecular weight excluding hydrogens is 284 g/mol. The Morgan fingerprint density at radius 3 is 2.86 bits per heavy atom. The van der Waals surface area contributed by atoms with Crippen LogP contribution >= 0.6 is 0 Å². The molecule has 2 aromatic heterocycles. The van der Waals surface area contributed by atoms with Gasteiger partial charge in [-0.1, -0.05) is 17.3 Å². The van der Waals surface area contributed by atoms with Crippen molar-refractivity contribution in [1.29, 1.82) is 0 Å². The van der Waals surface area contributed by atoms with Gasteiger partial charge in [-0.15, -0.1) is 5.10 Å². The van der Waals surface area contributed by atoms with E-state index >= 15 is 0 Å². The van der Waals surface area contributed by atoms with Crippen molar-refractivity contribution < 1.29 is 4.79 Å². The lowest BCUT2D eigenvalue weighted by atomic mass is 10.2. The van der Waals surface area contributed by atoms with Crippen molar-refractivity contribution in [2.45, 2.75) is 13.0 Å². The SMILES string of the molecule is Cn1ccc(NC(=O)CCn2nnc3ccccc3c2=O)n1. The van der Waals surface area contributed by atoms with Crippen LogP contribution in [0.25, 0.3) is 10.9 Å². The van der Waals surface area contributed by atoms with E-state index in [4.69, 9.17) is 0 Å². The van der Waals surface area contributed by atoms with Gasteiger partial charge in [-0.25, -0.2) is 4.68 Å². The van der Waals surface area contributed by atoms with E-state index in [9.17, 15) is 9.59 Å². The molecule has 3 aromatic rings. The number of aromatic nitrogens is 5. The van der Waals surface area contributed by atoms with Crippen molar-refractivity contribution in [2.24, 2.45) is 7.05 Å². The summed E-state index contributed by atoms with van der Waals surface area (Å²) in [6, 6.07) is 8.67. The molecule has 1 N–H and O–H groups in total. The molecule has 0 atom stereocenters. The van der Waals surface area contributed by atoms with E-state index in [1.807, 2.05) is 0 Å². The van der Waals surface area contributed by atoms with E-state index < -0.39 is 0 Å². The molecule has 0 fully saturated rings. The molecule has 0 aliphatic carbocycles. The Labute approximate surface area is 125 Å². The molecule has 0 spiro atoms. The van der Waals surface area contributed by atoms with Crippen LogP contribution in [0, 0.1) is 0 Å². The molecule has 0 unspecified atom stereocenters. The summed E-state index contributed by atoms with van der Waals surface area (Å²) in [5, 5.41) is 15.0. The summed E-state index contributed by atoms with van der Waals surface area (Å²) in [5.41, 5.74) is 0.290. The fourth-order valence-corrected chi connectivity index (χ4v) is 2.06. The van der Waals surface area contributed by atoms with E-state index in [0.717, 1.165) is 0 Å². The molecule has 8 heteroatoms. The van der Waals surface area contributed by atoms with Gasteiger partial charge in [0.15, 0.2) is 5.82 Å². The van der Waals surface area contributed by atoms with Crippen molar-refractivity contribution >= 4 is 22.6 Å². The van der Waals surface area contributed by atoms with Crippen molar-refractivity contribution in [3.05, 3.63) is 46.9 Å². The molecular formula is C14H14N6O2. The van der Waals surface area contributed by atoms with Crippen LogP contribution in [0.1, 0.15) is 6.42 Å². The molecule has 8 nitrogen and oxygen atoms in total. The van der Waals surface area contributed by atoms with Gasteiger partial charge in [-0.3, -0.25) is 14.3 Å². The van der Waals surface area contributed by atoms with Gasteiger partial charge in [0.25, 0.3) is 5.56 Å². The molecule has 2 heterocycles. The van der Waals surface area contributed by atoms with Gasteiger partial charge in [0.1, 0.15) is 5.52 Å². The molecule has 0 saturated heterocycles. The van der Waals surface area contributed by atoms with Gasteiger partial charge in [-0.05, 0) is 12.1 Å². The minimum Gasteiger partial charge on any atom is -0.309 e. The molecule has 0 aliphatic heterocycles. The summed E-state index contributed by atoms with van der Waals surface area (Å²) >= 11 is 0. The van der Waals surface area contributed by atoms with E-state index in [0.29, 0.717) is 16.7 Å². The lowest BCUT2D eigenvalue weighted by Crippen LogP contribution is -2.26. The van der Waals surface area contributed by atoms with Crippen LogP contribution in [0.4, 0.5) is 5.82 Å². The van der Waals surface area contributed by atoms with Crippen LogP contribution in [0.5, 0.6) is 0 Å². The highest BCUT2D eigenvalue weighted by atomic mass is 16.2. The predicted octanol–water partition coefficient (Wildman–Crippen LogP) is 0.554. The Bertz CT molecular complexity index is 882. The number of benzene rings is 1. The van der Waals surface area contributed by atoms with E-state index in [2.05, 4.69) is 20.7 Å². The summed E-state index contributed by atoms with van der Waals surface area (Å²) in [4.78, 5) is 24.1. The number of anilines is 1. The largest absolute Gasteiger partial charge is 0.309 e. The number of rotatable bonds is 4. The standard InChI is InChI=1S/C14H14N6O2/c1-19-8-6-12(17-19)15-13(21)7-9-20-14(22)10-4-2-3-5-11(10)16-18-20/h2-6,8H,7,9H2,1H3,(H,15,17,21). The van der Waals surface area contributed by atoms with Crippen molar-refractivity contribution in [3.8, 4) is 0 Å². The summed E-state index contributed by atoms with van der Waals surface area (Å²) in [6.07, 6.45) is 1.85. The second-order valence-electron chi connectivity index (χ2n) is 4.81. The number of nitrogens with one attached hydrogen (secondary N) is 1. The molecule has 0 bridgehead atoms. The molecule has 0 aliphatic rings. The lowest BCUT2D eigenvalue weighted by Gasteiger charge is -2.05. The predicted molar refractivity (Wildman–Crippen MR) is 80.3 cm³/mol. The highest BCUT2D eigenvalue weighted by molar-refractivity contribution is 5.89. The number of fused-ring (bicyclic) bond motifs is 1. The Kier molecular flexibility index (Phi) is 3.65. The summed E-state index contributed by atoms with van der Waals surface area (Å²) in [6.45, 7) is 0.162. The average molecular weight is 298 g/mol. The third-order valence-electron chi connectivity index (χ3n) is 3.16. The van der Waals surface area contributed by atoms with Crippen molar-refractivity contribution in [2.75, 3.05) is 5.32 Å². The molecule has 112 valence electrons. The van der Waals surface area contributed by atoms with Crippen LogP contribution in [0.2, 0.25) is 0 Å². The van der Waals surface area contributed by atoms with Gasteiger partial charge < -0.3 is 5.32 Å². The first kappa shape index (κ1) is 13.9. The van der Waals surface area contributed by atoms with Crippen LogP contribution in [0.3, 0.4) is 0 Å². The summed E-state index contributed by atoms with van der Waals surface area (Å²) in [5.74, 6) is 0.241. The smallest absolute Gasteiger partial charge is 0.277 e. The normalized spacial score (nSPS) is 10.8. The Hall–Kier alpha value is -3.03. The Morgan fingerprint density at radius 2 is 2.09 bits per heavy atom. The number of carbonyl (C=O) groups is 1. The summed E-state index contributed by atoms with van der Waals surface area (Å²) in [7, 11) is 1.76. The zero-order chi connectivity index (χ0) is 15.5. The van der Waals surface area contributed by atoms with Gasteiger partial charge in [-0.2, -0.15) is 5.10 Å². The topological polar surface area (TPSA) is 94.7 Å². The Balaban J connectivity index is 1.70. The number of nitrogens with zero attached hydrogens (tertiary/aromatic N) is 5. The first-order valence-corrected chi connectivity index (χ1v) is 6.75. The van der Waals surface area contributed by atoms with Crippen LogP contribution in [0.15, 0.2) is 41.3 Å². The highest BCUT2D eigenvalue weighted by Gasteiger charge is 2.08. The highest BCUT2D eigenvalue weighted by Crippen LogP contribution is 2.04. The second kappa shape index (κ2) is 5.76.